The second-order valence-electron chi connectivity index (χ2n) is 14.0. The van der Waals surface area contributed by atoms with E-state index in [-0.39, 0.29) is 82.2 Å². The Morgan fingerprint density at radius 1 is 0.500 bits per heavy atom. The fourth-order valence-electron chi connectivity index (χ4n) is 6.28. The molecule has 4 N–H and O–H groups in total. The molecule has 0 heterocycles. The quantitative estimate of drug-likeness (QED) is 0.0486. The van der Waals surface area contributed by atoms with Crippen molar-refractivity contribution in [2.24, 2.45) is 0 Å². The molecule has 0 bridgehead atoms. The van der Waals surface area contributed by atoms with Gasteiger partial charge in [-0.15, -0.1) is 0 Å². The molecule has 0 aromatic heterocycles. The van der Waals surface area contributed by atoms with E-state index in [0.29, 0.717) is 38.0 Å². The van der Waals surface area contributed by atoms with Crippen LogP contribution < -0.4 is 29.6 Å². The van der Waals surface area contributed by atoms with Crippen LogP contribution >= 0.6 is 0 Å². The molecule has 10 nitrogen and oxygen atoms in total. The monoisotopic (exact) mass is 849 g/mol. The summed E-state index contributed by atoms with van der Waals surface area (Å²) in [5.74, 6) is 0. The number of aliphatic hydroxyl groups excluding tert-OH is 3. The molecule has 0 fully saturated rings. The van der Waals surface area contributed by atoms with Crippen LogP contribution in [0.1, 0.15) is 153 Å². The summed E-state index contributed by atoms with van der Waals surface area (Å²) >= 11 is 0. The third-order valence-corrected chi connectivity index (χ3v) is 11.2. The van der Waals surface area contributed by atoms with E-state index in [4.69, 9.17) is 15.3 Å². The second-order valence-corrected chi connectivity index (χ2v) is 16.8. The van der Waals surface area contributed by atoms with Crippen molar-refractivity contribution in [1.82, 2.24) is 4.90 Å². The smallest absolute Gasteiger partial charge is 0.744 e. The first-order chi connectivity index (χ1) is 26.0. The van der Waals surface area contributed by atoms with Gasteiger partial charge in [-0.25, -0.2) is 8.42 Å². The fraction of sp³-hybridized carbons (Fsp3) is 0.714. The van der Waals surface area contributed by atoms with Crippen LogP contribution in [0.4, 0.5) is 0 Å². The molecule has 0 unspecified atom stereocenters. The third-order valence-electron chi connectivity index (χ3n) is 9.34. The van der Waals surface area contributed by atoms with Crippen LogP contribution in [0.5, 0.6) is 0 Å². The van der Waals surface area contributed by atoms with Gasteiger partial charge in [0.1, 0.15) is 10.1 Å². The Bertz CT molecular complexity index is 1280. The minimum atomic E-state index is -4.35. The maximum Gasteiger partial charge on any atom is 1.00 e. The van der Waals surface area contributed by atoms with Gasteiger partial charge in [-0.1, -0.05) is 166 Å². The van der Waals surface area contributed by atoms with Crippen molar-refractivity contribution < 1.29 is 70.8 Å². The van der Waals surface area contributed by atoms with Crippen LogP contribution in [-0.4, -0.2) is 109 Å². The van der Waals surface area contributed by atoms with E-state index < -0.39 is 20.2 Å². The summed E-state index contributed by atoms with van der Waals surface area (Å²) in [6, 6.07) is 13.3. The van der Waals surface area contributed by atoms with Crippen molar-refractivity contribution in [1.29, 1.82) is 0 Å². The Balaban J connectivity index is -0.000000790. The Labute approximate surface area is 380 Å². The van der Waals surface area contributed by atoms with Gasteiger partial charge in [-0.3, -0.25) is 9.45 Å². The molecule has 0 saturated carbocycles. The average Bonchev–Trinajstić information content (AvgIpc) is 3.13. The van der Waals surface area contributed by atoms with Crippen molar-refractivity contribution in [2.45, 2.75) is 165 Å². The normalized spacial score (nSPS) is 11.1. The van der Waals surface area contributed by atoms with Crippen molar-refractivity contribution in [3.05, 3.63) is 59.7 Å². The maximum atomic E-state index is 11.3. The number of unbranched alkanes of at least 4 members (excludes halogenated alkanes) is 18. The Hall–Kier alpha value is -0.134. The molecule has 0 aliphatic rings. The van der Waals surface area contributed by atoms with E-state index in [9.17, 15) is 25.9 Å². The molecule has 2 aromatic rings. The second kappa shape index (κ2) is 40.3. The van der Waals surface area contributed by atoms with Crippen molar-refractivity contribution in [3.8, 4) is 0 Å². The van der Waals surface area contributed by atoms with E-state index in [1.54, 1.807) is 35.2 Å². The predicted molar refractivity (Wildman–Crippen MR) is 228 cm³/mol. The summed E-state index contributed by atoms with van der Waals surface area (Å²) in [7, 11) is -8.44. The summed E-state index contributed by atoms with van der Waals surface area (Å²) in [6.45, 7) is 6.22. The minimum absolute atomic E-state index is 0. The topological polar surface area (TPSA) is 175 Å². The van der Waals surface area contributed by atoms with Gasteiger partial charge in [0, 0.05) is 19.6 Å². The van der Waals surface area contributed by atoms with Gasteiger partial charge in [0.15, 0.2) is 0 Å². The van der Waals surface area contributed by atoms with E-state index in [1.165, 1.54) is 115 Å². The van der Waals surface area contributed by atoms with Crippen LogP contribution in [0.2, 0.25) is 0 Å². The van der Waals surface area contributed by atoms with E-state index in [0.717, 1.165) is 31.2 Å². The minimum Gasteiger partial charge on any atom is -0.744 e. The molecule has 0 amide bonds. The van der Waals surface area contributed by atoms with E-state index in [2.05, 4.69) is 13.8 Å². The largest absolute Gasteiger partial charge is 1.00 e. The molecule has 0 aliphatic carbocycles. The van der Waals surface area contributed by atoms with Gasteiger partial charge in [0.2, 0.25) is 0 Å². The van der Waals surface area contributed by atoms with Crippen LogP contribution in [-0.2, 0) is 33.1 Å². The predicted octanol–water partition coefficient (Wildman–Crippen LogP) is 4.80. The maximum absolute atomic E-state index is 11.3. The molecular weight excluding hydrogens is 774 g/mol. The number of rotatable bonds is 30. The van der Waals surface area contributed by atoms with Crippen molar-refractivity contribution >= 4 is 43.3 Å². The number of benzene rings is 2. The standard InChI is InChI=1S/2C18H30O3S.C6H15NO3.Mg.Na.2H/c2*1-2-3-4-5-6-7-8-9-10-11-14-17-15-12-13-16-18(17)22(19,20)21;8-4-1-7(2-5-9)3-6-10;;;;/h2*12-13,15-16H,2-11,14H2,1H3,(H,19,20,21);8-10H,1-6H2;;;;/q;;;;+1;;/p-1. The first-order valence-electron chi connectivity index (χ1n) is 20.6. The van der Waals surface area contributed by atoms with Gasteiger partial charge in [-0.05, 0) is 48.9 Å². The summed E-state index contributed by atoms with van der Waals surface area (Å²) in [5, 5.41) is 25.5. The van der Waals surface area contributed by atoms with E-state index in [1.807, 2.05) is 6.07 Å². The molecule has 2 rings (SSSR count). The molecular formula is C42H76MgNNaO9S2. The van der Waals surface area contributed by atoms with Gasteiger partial charge in [0.25, 0.3) is 10.1 Å². The number of hydrogen-bond donors (Lipinski definition) is 4. The molecule has 0 spiro atoms. The van der Waals surface area contributed by atoms with Crippen LogP contribution in [0.25, 0.3) is 0 Å². The summed E-state index contributed by atoms with van der Waals surface area (Å²) in [6.07, 6.45) is 26.5. The fourth-order valence-corrected chi connectivity index (χ4v) is 7.77. The zero-order valence-corrected chi connectivity index (χ0v) is 38.1. The number of hydrogen-bond acceptors (Lipinski definition) is 9. The first-order valence-corrected chi connectivity index (χ1v) is 23.4. The zero-order valence-electron chi connectivity index (χ0n) is 34.5. The number of nitrogens with zero attached hydrogens (tertiary/aromatic N) is 1. The summed E-state index contributed by atoms with van der Waals surface area (Å²) in [5.41, 5.74) is 1.39. The van der Waals surface area contributed by atoms with Gasteiger partial charge < -0.3 is 19.9 Å². The molecule has 0 radical (unpaired) electrons. The van der Waals surface area contributed by atoms with Crippen molar-refractivity contribution in [3.63, 3.8) is 0 Å². The number of aliphatic hydroxyl groups is 3. The number of aryl methyl sites for hydroxylation is 2. The SMILES string of the molecule is CCCCCCCCCCCCc1ccccc1S(=O)(=O)O.CCCCCCCCCCCCc1ccccc1S(=O)(=O)[O-].OCCN(CCO)CCO.[MgH2].[Na+]. The Morgan fingerprint density at radius 2 is 0.786 bits per heavy atom. The van der Waals surface area contributed by atoms with Crippen LogP contribution in [0, 0.1) is 0 Å². The summed E-state index contributed by atoms with van der Waals surface area (Å²) in [4.78, 5) is 1.80. The molecule has 2 aromatic carbocycles. The van der Waals surface area contributed by atoms with Gasteiger partial charge in [-0.2, -0.15) is 8.42 Å². The Kier molecular flexibility index (Phi) is 43.3. The first kappa shape index (κ1) is 60.2. The molecule has 0 saturated heterocycles. The zero-order chi connectivity index (χ0) is 40.3. The molecule has 56 heavy (non-hydrogen) atoms. The summed E-state index contributed by atoms with van der Waals surface area (Å²) < 4.78 is 65.3. The average molecular weight is 850 g/mol. The molecule has 0 aliphatic heterocycles. The van der Waals surface area contributed by atoms with Crippen LogP contribution in [0.15, 0.2) is 58.3 Å². The molecule has 14 heteroatoms. The Morgan fingerprint density at radius 3 is 1.09 bits per heavy atom. The van der Waals surface area contributed by atoms with Crippen molar-refractivity contribution in [2.75, 3.05) is 39.5 Å². The van der Waals surface area contributed by atoms with E-state index >= 15 is 0 Å². The molecule has 0 atom stereocenters. The van der Waals surface area contributed by atoms with Gasteiger partial charge in [0.05, 0.1) is 29.6 Å². The molecule has 318 valence electrons. The van der Waals surface area contributed by atoms with Crippen LogP contribution in [0.3, 0.4) is 0 Å². The van der Waals surface area contributed by atoms with Gasteiger partial charge >= 0.3 is 52.6 Å². The third kappa shape index (κ3) is 33.7.